The quantitative estimate of drug-likeness (QED) is 0.395. The molecule has 0 aliphatic rings. The van der Waals surface area contributed by atoms with E-state index in [2.05, 4.69) is 4.84 Å². The molecule has 0 saturated heterocycles. The molecule has 0 spiro atoms. The summed E-state index contributed by atoms with van der Waals surface area (Å²) in [5, 5.41) is 0. The predicted molar refractivity (Wildman–Crippen MR) is 32.8 cm³/mol. The van der Waals surface area contributed by atoms with Crippen molar-refractivity contribution in [1.29, 1.82) is 0 Å². The summed E-state index contributed by atoms with van der Waals surface area (Å²) in [5.74, 6) is 4.73. The lowest BCUT2D eigenvalue weighted by atomic mass is 10.7. The molecule has 4 nitrogen and oxygen atoms in total. The first-order valence-electron chi connectivity index (χ1n) is 2.80. The normalized spacial score (nSPS) is 10.0. The Labute approximate surface area is 54.8 Å². The number of methoxy groups -OCH3 is 1. The monoisotopic (exact) mass is 135 g/mol. The highest BCUT2D eigenvalue weighted by atomic mass is 16.6. The Morgan fingerprint density at radius 1 is 1.11 bits per heavy atom. The minimum atomic E-state index is 0.434. The third-order valence-electron chi connectivity index (χ3n) is 0.777. The number of hydrogen-bond acceptors (Lipinski definition) is 4. The van der Waals surface area contributed by atoms with E-state index in [1.807, 2.05) is 0 Å². The van der Waals surface area contributed by atoms with Gasteiger partial charge in [-0.2, -0.15) is 0 Å². The van der Waals surface area contributed by atoms with Gasteiger partial charge in [0.1, 0.15) is 0 Å². The summed E-state index contributed by atoms with van der Waals surface area (Å²) in [5.41, 5.74) is 0. The van der Waals surface area contributed by atoms with Crippen LogP contribution in [0.1, 0.15) is 0 Å². The Bertz CT molecular complexity index is 45.5. The molecule has 0 aliphatic carbocycles. The Morgan fingerprint density at radius 2 is 1.78 bits per heavy atom. The maximum Gasteiger partial charge on any atom is 0.0913 e. The van der Waals surface area contributed by atoms with Crippen molar-refractivity contribution in [1.82, 2.24) is 0 Å². The van der Waals surface area contributed by atoms with Gasteiger partial charge in [-0.25, -0.2) is 5.90 Å². The van der Waals surface area contributed by atoms with Gasteiger partial charge in [0.05, 0.1) is 26.4 Å². The van der Waals surface area contributed by atoms with Crippen LogP contribution in [0.25, 0.3) is 0 Å². The van der Waals surface area contributed by atoms with Crippen LogP contribution in [0.15, 0.2) is 0 Å². The molecule has 4 heteroatoms. The van der Waals surface area contributed by atoms with Crippen LogP contribution in [-0.4, -0.2) is 33.5 Å². The molecule has 0 aliphatic heterocycles. The lowest BCUT2D eigenvalue weighted by Gasteiger charge is -2.00. The van der Waals surface area contributed by atoms with Crippen molar-refractivity contribution in [3.05, 3.63) is 0 Å². The number of rotatable bonds is 6. The second-order valence-electron chi connectivity index (χ2n) is 1.48. The van der Waals surface area contributed by atoms with E-state index in [9.17, 15) is 0 Å². The van der Waals surface area contributed by atoms with E-state index < -0.39 is 0 Å². The van der Waals surface area contributed by atoms with Gasteiger partial charge in [0.2, 0.25) is 0 Å². The highest BCUT2D eigenvalue weighted by Crippen LogP contribution is 1.74. The second-order valence-corrected chi connectivity index (χ2v) is 1.48. The van der Waals surface area contributed by atoms with Gasteiger partial charge in [0.15, 0.2) is 0 Å². The van der Waals surface area contributed by atoms with E-state index in [0.717, 1.165) is 0 Å². The van der Waals surface area contributed by atoms with E-state index in [-0.39, 0.29) is 0 Å². The highest BCUT2D eigenvalue weighted by molar-refractivity contribution is 4.27. The fourth-order valence-electron chi connectivity index (χ4n) is 0.351. The summed E-state index contributed by atoms with van der Waals surface area (Å²) in [4.78, 5) is 4.26. The first-order chi connectivity index (χ1) is 4.41. The summed E-state index contributed by atoms with van der Waals surface area (Å²) in [6.45, 7) is 2.17. The van der Waals surface area contributed by atoms with E-state index in [1.54, 1.807) is 7.11 Å². The predicted octanol–water partition coefficient (Wildman–Crippen LogP) is -0.460. The van der Waals surface area contributed by atoms with Crippen molar-refractivity contribution in [3.8, 4) is 0 Å². The summed E-state index contributed by atoms with van der Waals surface area (Å²) in [6, 6.07) is 0. The SMILES string of the molecule is COCCOCCON. The molecule has 0 aromatic heterocycles. The van der Waals surface area contributed by atoms with Gasteiger partial charge in [-0.3, -0.25) is 0 Å². The van der Waals surface area contributed by atoms with Crippen LogP contribution in [0.4, 0.5) is 0 Å². The fraction of sp³-hybridized carbons (Fsp3) is 1.00. The molecule has 0 aromatic rings. The molecule has 0 amide bonds. The van der Waals surface area contributed by atoms with Crippen molar-refractivity contribution in [2.24, 2.45) is 5.90 Å². The van der Waals surface area contributed by atoms with Gasteiger partial charge in [-0.1, -0.05) is 0 Å². The molecule has 0 fully saturated rings. The van der Waals surface area contributed by atoms with E-state index >= 15 is 0 Å². The molecule has 0 aromatic carbocycles. The lowest BCUT2D eigenvalue weighted by Crippen LogP contribution is -2.10. The number of ether oxygens (including phenoxy) is 2. The van der Waals surface area contributed by atoms with Gasteiger partial charge >= 0.3 is 0 Å². The van der Waals surface area contributed by atoms with E-state index in [1.165, 1.54) is 0 Å². The van der Waals surface area contributed by atoms with Crippen molar-refractivity contribution >= 4 is 0 Å². The summed E-state index contributed by atoms with van der Waals surface area (Å²) in [6.07, 6.45) is 0. The fourth-order valence-corrected chi connectivity index (χ4v) is 0.351. The van der Waals surface area contributed by atoms with Crippen molar-refractivity contribution in [3.63, 3.8) is 0 Å². The molecule has 0 unspecified atom stereocenters. The standard InChI is InChI=1S/C5H13NO3/c1-7-2-3-8-4-5-9-6/h2-6H2,1H3. The molecule has 0 saturated carbocycles. The largest absolute Gasteiger partial charge is 0.382 e. The topological polar surface area (TPSA) is 53.7 Å². The van der Waals surface area contributed by atoms with Gasteiger partial charge in [0, 0.05) is 7.11 Å². The van der Waals surface area contributed by atoms with Gasteiger partial charge in [0.25, 0.3) is 0 Å². The average molecular weight is 135 g/mol. The van der Waals surface area contributed by atoms with Crippen LogP contribution < -0.4 is 5.90 Å². The Balaban J connectivity index is 2.60. The maximum atomic E-state index is 4.98. The average Bonchev–Trinajstić information content (AvgIpc) is 1.89. The van der Waals surface area contributed by atoms with Crippen molar-refractivity contribution in [2.75, 3.05) is 33.5 Å². The van der Waals surface area contributed by atoms with E-state index in [4.69, 9.17) is 15.4 Å². The van der Waals surface area contributed by atoms with Gasteiger partial charge < -0.3 is 14.3 Å². The zero-order valence-corrected chi connectivity index (χ0v) is 5.63. The first-order valence-corrected chi connectivity index (χ1v) is 2.80. The summed E-state index contributed by atoms with van der Waals surface area (Å²) in [7, 11) is 1.63. The van der Waals surface area contributed by atoms with Crippen LogP contribution >= 0.6 is 0 Å². The Morgan fingerprint density at radius 3 is 2.33 bits per heavy atom. The summed E-state index contributed by atoms with van der Waals surface area (Å²) < 4.78 is 9.71. The molecule has 0 bridgehead atoms. The molecule has 0 radical (unpaired) electrons. The van der Waals surface area contributed by atoms with Crippen LogP contribution in [0.3, 0.4) is 0 Å². The van der Waals surface area contributed by atoms with Crippen molar-refractivity contribution < 1.29 is 14.3 Å². The highest BCUT2D eigenvalue weighted by Gasteiger charge is 1.84. The third-order valence-corrected chi connectivity index (χ3v) is 0.777. The zero-order valence-electron chi connectivity index (χ0n) is 5.63. The van der Waals surface area contributed by atoms with Crippen LogP contribution in [0.2, 0.25) is 0 Å². The van der Waals surface area contributed by atoms with Crippen LogP contribution in [0.5, 0.6) is 0 Å². The van der Waals surface area contributed by atoms with Gasteiger partial charge in [-0.05, 0) is 0 Å². The molecular formula is C5H13NO3. The lowest BCUT2D eigenvalue weighted by molar-refractivity contribution is 0.0246. The first kappa shape index (κ1) is 8.84. The molecule has 9 heavy (non-hydrogen) atoms. The minimum absolute atomic E-state index is 0.434. The third kappa shape index (κ3) is 7.84. The second kappa shape index (κ2) is 7.84. The number of nitrogens with two attached hydrogens (primary N) is 1. The molecule has 0 heterocycles. The summed E-state index contributed by atoms with van der Waals surface area (Å²) >= 11 is 0. The number of hydrogen-bond donors (Lipinski definition) is 1. The molecule has 0 rings (SSSR count). The van der Waals surface area contributed by atoms with Crippen LogP contribution in [0, 0.1) is 0 Å². The van der Waals surface area contributed by atoms with Crippen molar-refractivity contribution in [2.45, 2.75) is 0 Å². The molecule has 0 atom stereocenters. The molecular weight excluding hydrogens is 122 g/mol. The Hall–Kier alpha value is -0.160. The minimum Gasteiger partial charge on any atom is -0.382 e. The smallest absolute Gasteiger partial charge is 0.0913 e. The van der Waals surface area contributed by atoms with Gasteiger partial charge in [-0.15, -0.1) is 0 Å². The maximum absolute atomic E-state index is 4.98. The van der Waals surface area contributed by atoms with E-state index in [0.29, 0.717) is 26.4 Å². The van der Waals surface area contributed by atoms with Crippen LogP contribution in [-0.2, 0) is 14.3 Å². The Kier molecular flexibility index (Phi) is 7.70. The molecule has 2 N–H and O–H groups in total. The molecule has 56 valence electrons. The zero-order chi connectivity index (χ0) is 6.95.